The Morgan fingerprint density at radius 1 is 1.36 bits per heavy atom. The first-order valence-corrected chi connectivity index (χ1v) is 5.55. The minimum atomic E-state index is -0.927. The van der Waals surface area contributed by atoms with Crippen LogP contribution in [0, 0.1) is 0 Å². The van der Waals surface area contributed by atoms with Gasteiger partial charge in [-0.25, -0.2) is 0 Å². The molecule has 0 aliphatic carbocycles. The molecule has 0 aromatic rings. The van der Waals surface area contributed by atoms with E-state index in [1.165, 1.54) is 0 Å². The predicted molar refractivity (Wildman–Crippen MR) is 33.4 cm³/mol. The van der Waals surface area contributed by atoms with Crippen molar-refractivity contribution in [3.63, 3.8) is 0 Å². The Morgan fingerprint density at radius 2 is 2.00 bits per heavy atom. The standard InChI is InChI=1S/C6H12IO4/c1-3-5(9)6(10)4(2-8)11-7-3/h3-6,8-10H,2H2,1H3/q-1/t3?,4-,5-,6+/m1/s1. The second kappa shape index (κ2) is 3.99. The van der Waals surface area contributed by atoms with E-state index in [0.29, 0.717) is 0 Å². The maximum atomic E-state index is 9.33. The van der Waals surface area contributed by atoms with Crippen molar-refractivity contribution < 1.29 is 40.0 Å². The molecule has 0 amide bonds. The van der Waals surface area contributed by atoms with Crippen molar-refractivity contribution in [1.29, 1.82) is 0 Å². The Morgan fingerprint density at radius 3 is 2.55 bits per heavy atom. The minimum absolute atomic E-state index is 0.0478. The third-order valence-electron chi connectivity index (χ3n) is 1.69. The molecule has 1 saturated heterocycles. The average Bonchev–Trinajstić information content (AvgIpc) is 2.01. The summed E-state index contributed by atoms with van der Waals surface area (Å²) in [6, 6.07) is 0. The van der Waals surface area contributed by atoms with E-state index in [2.05, 4.69) is 0 Å². The van der Waals surface area contributed by atoms with Gasteiger partial charge in [0.2, 0.25) is 0 Å². The number of hydrogen-bond donors (Lipinski definition) is 3. The van der Waals surface area contributed by atoms with E-state index >= 15 is 0 Å². The van der Waals surface area contributed by atoms with E-state index in [1.54, 1.807) is 0 Å². The molecule has 1 aliphatic heterocycles. The second-order valence-electron chi connectivity index (χ2n) is 2.56. The van der Waals surface area contributed by atoms with Gasteiger partial charge < -0.3 is 0 Å². The summed E-state index contributed by atoms with van der Waals surface area (Å²) in [5, 5.41) is 27.3. The van der Waals surface area contributed by atoms with E-state index in [4.69, 9.17) is 8.17 Å². The van der Waals surface area contributed by atoms with Crippen molar-refractivity contribution in [3.8, 4) is 0 Å². The number of rotatable bonds is 1. The van der Waals surface area contributed by atoms with Gasteiger partial charge in [0.15, 0.2) is 0 Å². The fourth-order valence-corrected chi connectivity index (χ4v) is 2.91. The number of halogens is 1. The van der Waals surface area contributed by atoms with Crippen molar-refractivity contribution in [1.82, 2.24) is 0 Å². The Bertz CT molecular complexity index is 130. The van der Waals surface area contributed by atoms with Crippen LogP contribution in [0.25, 0.3) is 0 Å². The van der Waals surface area contributed by atoms with Crippen LogP contribution < -0.4 is 21.6 Å². The van der Waals surface area contributed by atoms with Crippen molar-refractivity contribution in [2.45, 2.75) is 29.2 Å². The van der Waals surface area contributed by atoms with Crippen LogP contribution >= 0.6 is 0 Å². The molecule has 0 saturated carbocycles. The van der Waals surface area contributed by atoms with Gasteiger partial charge in [-0.3, -0.25) is 0 Å². The molecule has 68 valence electrons. The molecule has 1 unspecified atom stereocenters. The fraction of sp³-hybridized carbons (Fsp3) is 1.00. The van der Waals surface area contributed by atoms with Gasteiger partial charge >= 0.3 is 75.8 Å². The number of aliphatic hydroxyl groups is 3. The van der Waals surface area contributed by atoms with Gasteiger partial charge in [0.1, 0.15) is 0 Å². The zero-order chi connectivity index (χ0) is 8.43. The van der Waals surface area contributed by atoms with E-state index in [-0.39, 0.29) is 10.5 Å². The SMILES string of the molecule is CC1[I-]O[C@H](CO)[C@H](O)[C@@H]1O. The monoisotopic (exact) mass is 275 g/mol. The summed E-state index contributed by atoms with van der Waals surface area (Å²) in [7, 11) is 0. The van der Waals surface area contributed by atoms with Crippen LogP contribution in [0.1, 0.15) is 6.92 Å². The molecule has 4 atom stereocenters. The van der Waals surface area contributed by atoms with Gasteiger partial charge in [0.05, 0.1) is 0 Å². The van der Waals surface area contributed by atoms with Gasteiger partial charge in [-0.15, -0.1) is 0 Å². The molecule has 0 aromatic carbocycles. The summed E-state index contributed by atoms with van der Waals surface area (Å²) < 4.78 is 5.22. The summed E-state index contributed by atoms with van der Waals surface area (Å²) >= 11 is -0.532. The number of alkyl halides is 1. The third-order valence-corrected chi connectivity index (χ3v) is 4.17. The molecule has 5 heteroatoms. The molecule has 0 spiro atoms. The molecule has 0 radical (unpaired) electrons. The number of hydrogen-bond acceptors (Lipinski definition) is 4. The quantitative estimate of drug-likeness (QED) is 0.333. The first-order chi connectivity index (χ1) is 5.16. The van der Waals surface area contributed by atoms with E-state index < -0.39 is 39.9 Å². The molecule has 4 nitrogen and oxygen atoms in total. The summed E-state index contributed by atoms with van der Waals surface area (Å²) in [4.78, 5) is 0. The van der Waals surface area contributed by atoms with Crippen molar-refractivity contribution >= 4 is 0 Å². The maximum absolute atomic E-state index is 9.33. The summed E-state index contributed by atoms with van der Waals surface area (Å²) in [6.45, 7) is 1.62. The van der Waals surface area contributed by atoms with Crippen LogP contribution in [0.15, 0.2) is 0 Å². The predicted octanol–water partition coefficient (Wildman–Crippen LogP) is -4.51. The Balaban J connectivity index is 2.52. The molecule has 1 heterocycles. The molecule has 0 aromatic heterocycles. The molecule has 1 rings (SSSR count). The first kappa shape index (κ1) is 9.66. The summed E-state index contributed by atoms with van der Waals surface area (Å²) in [5.74, 6) is 0. The van der Waals surface area contributed by atoms with Crippen LogP contribution in [-0.4, -0.2) is 44.2 Å². The summed E-state index contributed by atoms with van der Waals surface area (Å²) in [5.41, 5.74) is 0. The van der Waals surface area contributed by atoms with Gasteiger partial charge in [-0.05, 0) is 0 Å². The first-order valence-electron chi connectivity index (χ1n) is 3.43. The van der Waals surface area contributed by atoms with Gasteiger partial charge in [0.25, 0.3) is 0 Å². The van der Waals surface area contributed by atoms with Gasteiger partial charge in [-0.2, -0.15) is 0 Å². The average molecular weight is 275 g/mol. The molecular weight excluding hydrogens is 263 g/mol. The third kappa shape index (κ3) is 2.03. The molecule has 11 heavy (non-hydrogen) atoms. The van der Waals surface area contributed by atoms with Crippen LogP contribution in [0.5, 0.6) is 0 Å². The van der Waals surface area contributed by atoms with Crippen LogP contribution in [0.3, 0.4) is 0 Å². The zero-order valence-electron chi connectivity index (χ0n) is 6.14. The van der Waals surface area contributed by atoms with E-state index in [0.717, 1.165) is 0 Å². The number of aliphatic hydroxyl groups excluding tert-OH is 3. The van der Waals surface area contributed by atoms with Crippen LogP contribution in [-0.2, 0) is 3.07 Å². The molecule has 0 bridgehead atoms. The summed E-state index contributed by atoms with van der Waals surface area (Å²) in [6.07, 6.45) is -2.23. The van der Waals surface area contributed by atoms with Crippen molar-refractivity contribution in [2.24, 2.45) is 0 Å². The van der Waals surface area contributed by atoms with Crippen molar-refractivity contribution in [3.05, 3.63) is 0 Å². The van der Waals surface area contributed by atoms with Crippen molar-refractivity contribution in [2.75, 3.05) is 6.61 Å². The van der Waals surface area contributed by atoms with Crippen LogP contribution in [0.2, 0.25) is 0 Å². The van der Waals surface area contributed by atoms with Gasteiger partial charge in [-0.1, -0.05) is 0 Å². The molecule has 1 fully saturated rings. The van der Waals surface area contributed by atoms with E-state index in [1.807, 2.05) is 6.92 Å². The normalized spacial score (nSPS) is 46.5. The van der Waals surface area contributed by atoms with Crippen LogP contribution in [0.4, 0.5) is 0 Å². The fourth-order valence-electron chi connectivity index (χ4n) is 0.880. The van der Waals surface area contributed by atoms with Gasteiger partial charge in [0, 0.05) is 0 Å². The molecule has 3 N–H and O–H groups in total. The Labute approximate surface area is 76.0 Å². The second-order valence-corrected chi connectivity index (χ2v) is 5.54. The Kier molecular flexibility index (Phi) is 3.51. The molecular formula is C6H12IO4-. The molecule has 1 aliphatic rings. The Hall–Kier alpha value is 0.570. The topological polar surface area (TPSA) is 69.9 Å². The van der Waals surface area contributed by atoms with E-state index in [9.17, 15) is 10.2 Å². The zero-order valence-corrected chi connectivity index (χ0v) is 8.30.